The van der Waals surface area contributed by atoms with Gasteiger partial charge in [-0.05, 0) is 35.8 Å². The molecule has 0 aliphatic heterocycles. The van der Waals surface area contributed by atoms with Gasteiger partial charge in [-0.25, -0.2) is 0 Å². The number of amides is 1. The second-order valence-electron chi connectivity index (χ2n) is 6.57. The van der Waals surface area contributed by atoms with E-state index in [1.807, 2.05) is 0 Å². The van der Waals surface area contributed by atoms with Gasteiger partial charge in [-0.3, -0.25) is 4.79 Å². The van der Waals surface area contributed by atoms with Gasteiger partial charge in [-0.1, -0.05) is 57.4 Å². The lowest BCUT2D eigenvalue weighted by Crippen LogP contribution is -2.34. The molecule has 3 N–H and O–H groups in total. The van der Waals surface area contributed by atoms with Gasteiger partial charge < -0.3 is 11.1 Å². The zero-order valence-electron chi connectivity index (χ0n) is 13.3. The number of hydrogen-bond acceptors (Lipinski definition) is 2. The van der Waals surface area contributed by atoms with Gasteiger partial charge in [0, 0.05) is 6.04 Å². The summed E-state index contributed by atoms with van der Waals surface area (Å²) in [6, 6.07) is 9.14. The van der Waals surface area contributed by atoms with Crippen molar-refractivity contribution in [1.82, 2.24) is 5.32 Å². The highest BCUT2D eigenvalue weighted by molar-refractivity contribution is 5.75. The van der Waals surface area contributed by atoms with Crippen LogP contribution in [0.15, 0.2) is 24.3 Å². The lowest BCUT2D eigenvalue weighted by atomic mass is 9.83. The van der Waals surface area contributed by atoms with E-state index in [4.69, 9.17) is 5.73 Å². The van der Waals surface area contributed by atoms with E-state index in [1.165, 1.54) is 43.2 Å². The predicted molar refractivity (Wildman–Crippen MR) is 87.0 cm³/mol. The first-order chi connectivity index (χ1) is 10.1. The van der Waals surface area contributed by atoms with Gasteiger partial charge in [0.15, 0.2) is 0 Å². The number of carbonyl (C=O) groups excluding carboxylic acids is 1. The fraction of sp³-hybridized carbons (Fsp3) is 0.611. The summed E-state index contributed by atoms with van der Waals surface area (Å²) in [5, 5.41) is 3.26. The van der Waals surface area contributed by atoms with Gasteiger partial charge in [0.05, 0.1) is 6.54 Å². The van der Waals surface area contributed by atoms with Crippen molar-refractivity contribution in [3.05, 3.63) is 35.4 Å². The summed E-state index contributed by atoms with van der Waals surface area (Å²) >= 11 is 0. The quantitative estimate of drug-likeness (QED) is 0.841. The molecule has 1 fully saturated rings. The summed E-state index contributed by atoms with van der Waals surface area (Å²) < 4.78 is 0. The van der Waals surface area contributed by atoms with Crippen molar-refractivity contribution >= 4 is 5.91 Å². The smallest absolute Gasteiger partial charge is 0.231 e. The van der Waals surface area contributed by atoms with Gasteiger partial charge in [-0.15, -0.1) is 0 Å². The molecule has 0 radical (unpaired) electrons. The van der Waals surface area contributed by atoms with Crippen LogP contribution in [0.25, 0.3) is 0 Å². The first-order valence-electron chi connectivity index (χ1n) is 8.19. The Morgan fingerprint density at radius 2 is 1.81 bits per heavy atom. The van der Waals surface area contributed by atoms with E-state index < -0.39 is 0 Å². The predicted octanol–water partition coefficient (Wildman–Crippen LogP) is 3.51. The van der Waals surface area contributed by atoms with Crippen molar-refractivity contribution < 1.29 is 4.79 Å². The van der Waals surface area contributed by atoms with E-state index in [-0.39, 0.29) is 18.5 Å². The molecule has 21 heavy (non-hydrogen) atoms. The molecule has 1 aliphatic rings. The first kappa shape index (κ1) is 16.0. The van der Waals surface area contributed by atoms with Crippen LogP contribution >= 0.6 is 0 Å². The molecule has 0 aromatic heterocycles. The minimum atomic E-state index is -0.306. The van der Waals surface area contributed by atoms with Crippen LogP contribution in [0, 0.1) is 5.92 Å². The minimum Gasteiger partial charge on any atom is -0.369 e. The maximum Gasteiger partial charge on any atom is 0.231 e. The van der Waals surface area contributed by atoms with Gasteiger partial charge >= 0.3 is 0 Å². The monoisotopic (exact) mass is 288 g/mol. The zero-order chi connectivity index (χ0) is 15.2. The van der Waals surface area contributed by atoms with Gasteiger partial charge in [0.1, 0.15) is 0 Å². The van der Waals surface area contributed by atoms with Gasteiger partial charge in [-0.2, -0.15) is 0 Å². The first-order valence-corrected chi connectivity index (χ1v) is 8.19. The molecule has 3 nitrogen and oxygen atoms in total. The number of primary amides is 1. The van der Waals surface area contributed by atoms with Crippen LogP contribution in [0.5, 0.6) is 0 Å². The van der Waals surface area contributed by atoms with Crippen LogP contribution in [-0.2, 0) is 4.79 Å². The average molecular weight is 288 g/mol. The highest BCUT2D eigenvalue weighted by Gasteiger charge is 2.18. The third-order valence-electron chi connectivity index (χ3n) is 4.54. The molecule has 0 heterocycles. The van der Waals surface area contributed by atoms with E-state index in [2.05, 4.69) is 43.4 Å². The molecule has 3 heteroatoms. The largest absolute Gasteiger partial charge is 0.369 e. The van der Waals surface area contributed by atoms with Crippen molar-refractivity contribution in [3.8, 4) is 0 Å². The highest BCUT2D eigenvalue weighted by atomic mass is 16.1. The topological polar surface area (TPSA) is 55.1 Å². The minimum absolute atomic E-state index is 0.179. The number of benzene rings is 1. The molecule has 1 saturated carbocycles. The Kier molecular flexibility index (Phi) is 5.80. The second kappa shape index (κ2) is 7.60. The summed E-state index contributed by atoms with van der Waals surface area (Å²) in [7, 11) is 0. The summed E-state index contributed by atoms with van der Waals surface area (Å²) in [6.45, 7) is 4.55. The Hall–Kier alpha value is -1.35. The summed E-state index contributed by atoms with van der Waals surface area (Å²) in [4.78, 5) is 11.0. The maximum absolute atomic E-state index is 11.0. The molecule has 1 amide bonds. The number of nitrogens with two attached hydrogens (primary N) is 1. The highest BCUT2D eigenvalue weighted by Crippen LogP contribution is 2.33. The molecular weight excluding hydrogens is 260 g/mol. The van der Waals surface area contributed by atoms with Crippen molar-refractivity contribution in [2.24, 2.45) is 11.7 Å². The van der Waals surface area contributed by atoms with E-state index in [9.17, 15) is 4.79 Å². The molecule has 0 bridgehead atoms. The van der Waals surface area contributed by atoms with E-state index in [1.54, 1.807) is 0 Å². The average Bonchev–Trinajstić information content (AvgIpc) is 2.48. The normalized spacial score (nSPS) is 17.9. The lowest BCUT2D eigenvalue weighted by molar-refractivity contribution is -0.117. The molecule has 0 saturated heterocycles. The Morgan fingerprint density at radius 1 is 1.19 bits per heavy atom. The van der Waals surface area contributed by atoms with E-state index in [0.29, 0.717) is 5.92 Å². The Labute approximate surface area is 128 Å². The molecule has 2 rings (SSSR count). The summed E-state index contributed by atoms with van der Waals surface area (Å²) in [5.41, 5.74) is 7.95. The van der Waals surface area contributed by atoms with E-state index >= 15 is 0 Å². The molecular formula is C18H28N2O. The molecule has 1 aliphatic carbocycles. The zero-order valence-corrected chi connectivity index (χ0v) is 13.3. The Bertz CT molecular complexity index is 447. The summed E-state index contributed by atoms with van der Waals surface area (Å²) in [5.74, 6) is 0.855. The Balaban J connectivity index is 2.05. The molecule has 116 valence electrons. The van der Waals surface area contributed by atoms with Crippen LogP contribution < -0.4 is 11.1 Å². The van der Waals surface area contributed by atoms with Gasteiger partial charge in [0.2, 0.25) is 5.91 Å². The van der Waals surface area contributed by atoms with Crippen molar-refractivity contribution in [2.75, 3.05) is 6.54 Å². The molecule has 0 spiro atoms. The maximum atomic E-state index is 11.0. The Morgan fingerprint density at radius 3 is 2.33 bits per heavy atom. The van der Waals surface area contributed by atoms with Crippen LogP contribution in [-0.4, -0.2) is 12.5 Å². The van der Waals surface area contributed by atoms with Crippen molar-refractivity contribution in [2.45, 2.75) is 57.9 Å². The summed E-state index contributed by atoms with van der Waals surface area (Å²) in [6.07, 6.45) is 6.77. The number of carbonyl (C=O) groups is 1. The third-order valence-corrected chi connectivity index (χ3v) is 4.54. The number of rotatable bonds is 6. The van der Waals surface area contributed by atoms with Gasteiger partial charge in [0.25, 0.3) is 0 Å². The molecule has 0 unspecified atom stereocenters. The van der Waals surface area contributed by atoms with E-state index in [0.717, 1.165) is 5.92 Å². The van der Waals surface area contributed by atoms with Crippen LogP contribution in [0.4, 0.5) is 0 Å². The van der Waals surface area contributed by atoms with Crippen LogP contribution in [0.2, 0.25) is 0 Å². The third kappa shape index (κ3) is 4.57. The molecule has 1 aromatic rings. The number of nitrogens with one attached hydrogen (secondary N) is 1. The second-order valence-corrected chi connectivity index (χ2v) is 6.57. The molecule has 1 aromatic carbocycles. The van der Waals surface area contributed by atoms with Crippen molar-refractivity contribution in [3.63, 3.8) is 0 Å². The fourth-order valence-electron chi connectivity index (χ4n) is 3.36. The standard InChI is InChI=1S/C18H28N2O/c1-13(2)18(20-12-17(19)21)16-10-8-15(9-11-16)14-6-4-3-5-7-14/h8-11,13-14,18,20H,3-7,12H2,1-2H3,(H2,19,21)/t18-/m0/s1. The number of hydrogen-bond donors (Lipinski definition) is 2. The fourth-order valence-corrected chi connectivity index (χ4v) is 3.36. The SMILES string of the molecule is CC(C)[C@H](NCC(N)=O)c1ccc(C2CCCCC2)cc1. The lowest BCUT2D eigenvalue weighted by Gasteiger charge is -2.25. The molecule has 1 atom stereocenters. The van der Waals surface area contributed by atoms with Crippen molar-refractivity contribution in [1.29, 1.82) is 0 Å². The van der Waals surface area contributed by atoms with Crippen LogP contribution in [0.3, 0.4) is 0 Å². The van der Waals surface area contributed by atoms with Crippen LogP contribution in [0.1, 0.15) is 69.0 Å².